The first-order chi connectivity index (χ1) is 11.8. The van der Waals surface area contributed by atoms with Crippen molar-refractivity contribution in [3.63, 3.8) is 0 Å². The summed E-state index contributed by atoms with van der Waals surface area (Å²) in [5.74, 6) is -0.670. The van der Waals surface area contributed by atoms with E-state index in [1.54, 1.807) is 0 Å². The quantitative estimate of drug-likeness (QED) is 0.712. The van der Waals surface area contributed by atoms with Gasteiger partial charge in [0.05, 0.1) is 18.3 Å². The molecule has 2 amide bonds. The Hall–Kier alpha value is -2.26. The first kappa shape index (κ1) is 19.1. The maximum absolute atomic E-state index is 12.5. The van der Waals surface area contributed by atoms with Crippen LogP contribution in [0.3, 0.4) is 0 Å². The highest BCUT2D eigenvalue weighted by atomic mass is 32.1. The number of nitrogens with one attached hydrogen (secondary N) is 2. The van der Waals surface area contributed by atoms with Crippen LogP contribution in [0, 0.1) is 13.8 Å². The fraction of sp³-hybridized carbons (Fsp3) is 0.500. The number of aromatic nitrogens is 2. The zero-order chi connectivity index (χ0) is 18.6. The molecule has 0 aromatic carbocycles. The second-order valence-corrected chi connectivity index (χ2v) is 7.27. The molecule has 0 saturated carbocycles. The summed E-state index contributed by atoms with van der Waals surface area (Å²) in [6.07, 6.45) is 1.37. The monoisotopic (exact) mass is 365 g/mol. The number of carbonyl (C=O) groups excluding carboxylic acids is 2. The number of likely N-dealkylation sites (N-methyl/N-ethyl adjacent to an activating group) is 1. The van der Waals surface area contributed by atoms with Gasteiger partial charge in [0.25, 0.3) is 5.56 Å². The number of thiophene rings is 1. The second kappa shape index (κ2) is 8.21. The summed E-state index contributed by atoms with van der Waals surface area (Å²) < 4.78 is 1.26. The van der Waals surface area contributed by atoms with Crippen LogP contribution < -0.4 is 16.2 Å². The van der Waals surface area contributed by atoms with Crippen LogP contribution >= 0.6 is 11.3 Å². The number of rotatable bonds is 7. The summed E-state index contributed by atoms with van der Waals surface area (Å²) in [6.45, 7) is 4.76. The number of fused-ring (bicyclic) bond motifs is 1. The van der Waals surface area contributed by atoms with E-state index in [0.717, 1.165) is 17.0 Å². The molecular weight excluding hydrogens is 342 g/mol. The number of nitrogens with zero attached hydrogens (tertiary/aromatic N) is 3. The standard InChI is InChI=1S/C16H23N5O3S/c1-10-11(2)25-15-14(10)16(24)21(9-19-15)8-13(23)18-7-12(22)17-5-6-20(3)4/h9H,5-8H2,1-4H3,(H,17,22)(H,18,23). The first-order valence-electron chi connectivity index (χ1n) is 7.93. The van der Waals surface area contributed by atoms with Gasteiger partial charge in [0.1, 0.15) is 11.4 Å². The van der Waals surface area contributed by atoms with Gasteiger partial charge in [-0.15, -0.1) is 11.3 Å². The molecule has 2 N–H and O–H groups in total. The lowest BCUT2D eigenvalue weighted by Crippen LogP contribution is -2.41. The van der Waals surface area contributed by atoms with Gasteiger partial charge in [0.2, 0.25) is 11.8 Å². The number of aryl methyl sites for hydroxylation is 2. The van der Waals surface area contributed by atoms with Gasteiger partial charge >= 0.3 is 0 Å². The fourth-order valence-electron chi connectivity index (χ4n) is 2.25. The molecule has 0 radical (unpaired) electrons. The van der Waals surface area contributed by atoms with Crippen molar-refractivity contribution in [2.75, 3.05) is 33.7 Å². The van der Waals surface area contributed by atoms with E-state index in [1.807, 2.05) is 32.8 Å². The van der Waals surface area contributed by atoms with Gasteiger partial charge < -0.3 is 15.5 Å². The van der Waals surface area contributed by atoms with Crippen LogP contribution in [0.1, 0.15) is 10.4 Å². The zero-order valence-electron chi connectivity index (χ0n) is 14.9. The average molecular weight is 365 g/mol. The maximum Gasteiger partial charge on any atom is 0.262 e. The van der Waals surface area contributed by atoms with Gasteiger partial charge in [-0.25, -0.2) is 4.98 Å². The van der Waals surface area contributed by atoms with Crippen molar-refractivity contribution in [3.05, 3.63) is 27.1 Å². The molecule has 2 aromatic heterocycles. The van der Waals surface area contributed by atoms with Crippen LogP contribution in [0.5, 0.6) is 0 Å². The molecule has 0 saturated heterocycles. The van der Waals surface area contributed by atoms with E-state index in [2.05, 4.69) is 15.6 Å². The van der Waals surface area contributed by atoms with E-state index in [4.69, 9.17) is 0 Å². The molecular formula is C16H23N5O3S. The van der Waals surface area contributed by atoms with E-state index < -0.39 is 5.91 Å². The lowest BCUT2D eigenvalue weighted by Gasteiger charge is -2.11. The minimum Gasteiger partial charge on any atom is -0.353 e. The van der Waals surface area contributed by atoms with Gasteiger partial charge in [-0.05, 0) is 33.5 Å². The number of carbonyl (C=O) groups is 2. The summed E-state index contributed by atoms with van der Waals surface area (Å²) in [6, 6.07) is 0. The Morgan fingerprint density at radius 1 is 1.24 bits per heavy atom. The summed E-state index contributed by atoms with van der Waals surface area (Å²) in [5.41, 5.74) is 0.657. The number of hydrogen-bond acceptors (Lipinski definition) is 6. The Morgan fingerprint density at radius 2 is 1.96 bits per heavy atom. The predicted octanol–water partition coefficient (Wildman–Crippen LogP) is -0.131. The minimum absolute atomic E-state index is 0.118. The van der Waals surface area contributed by atoms with Crippen molar-refractivity contribution in [2.45, 2.75) is 20.4 Å². The van der Waals surface area contributed by atoms with E-state index in [9.17, 15) is 14.4 Å². The molecule has 0 aliphatic rings. The third-order valence-corrected chi connectivity index (χ3v) is 4.91. The van der Waals surface area contributed by atoms with Crippen molar-refractivity contribution in [1.82, 2.24) is 25.1 Å². The second-order valence-electron chi connectivity index (χ2n) is 6.07. The Kier molecular flexibility index (Phi) is 6.27. The molecule has 0 fully saturated rings. The molecule has 25 heavy (non-hydrogen) atoms. The molecule has 0 atom stereocenters. The van der Waals surface area contributed by atoms with Crippen LogP contribution in [-0.2, 0) is 16.1 Å². The third kappa shape index (κ3) is 4.86. The molecule has 0 aliphatic heterocycles. The highest BCUT2D eigenvalue weighted by Crippen LogP contribution is 2.25. The van der Waals surface area contributed by atoms with Crippen molar-refractivity contribution < 1.29 is 9.59 Å². The summed E-state index contributed by atoms with van der Waals surface area (Å²) >= 11 is 1.46. The van der Waals surface area contributed by atoms with Gasteiger partial charge in [0, 0.05) is 18.0 Å². The minimum atomic E-state index is -0.407. The van der Waals surface area contributed by atoms with Gasteiger partial charge in [0.15, 0.2) is 0 Å². The maximum atomic E-state index is 12.5. The molecule has 0 aliphatic carbocycles. The van der Waals surface area contributed by atoms with Crippen molar-refractivity contribution in [1.29, 1.82) is 0 Å². The molecule has 9 heteroatoms. The van der Waals surface area contributed by atoms with E-state index in [-0.39, 0.29) is 24.6 Å². The Labute approximate surface area is 149 Å². The molecule has 0 unspecified atom stereocenters. The average Bonchev–Trinajstić information content (AvgIpc) is 2.83. The molecule has 136 valence electrons. The Bertz CT molecular complexity index is 840. The van der Waals surface area contributed by atoms with E-state index >= 15 is 0 Å². The smallest absolute Gasteiger partial charge is 0.262 e. The predicted molar refractivity (Wildman–Crippen MR) is 97.9 cm³/mol. The van der Waals surface area contributed by atoms with Crippen LogP contribution in [0.15, 0.2) is 11.1 Å². The van der Waals surface area contributed by atoms with Crippen LogP contribution in [0.4, 0.5) is 0 Å². The molecule has 8 nitrogen and oxygen atoms in total. The largest absolute Gasteiger partial charge is 0.353 e. The van der Waals surface area contributed by atoms with Gasteiger partial charge in [-0.1, -0.05) is 0 Å². The number of amides is 2. The summed E-state index contributed by atoms with van der Waals surface area (Å²) in [4.78, 5) is 44.1. The highest BCUT2D eigenvalue weighted by Gasteiger charge is 2.14. The van der Waals surface area contributed by atoms with Crippen LogP contribution in [-0.4, -0.2) is 60.0 Å². The van der Waals surface area contributed by atoms with Gasteiger partial charge in [-0.3, -0.25) is 19.0 Å². The molecule has 0 bridgehead atoms. The van der Waals surface area contributed by atoms with Crippen LogP contribution in [0.2, 0.25) is 0 Å². The highest BCUT2D eigenvalue weighted by molar-refractivity contribution is 7.18. The van der Waals surface area contributed by atoms with Crippen molar-refractivity contribution in [2.24, 2.45) is 0 Å². The van der Waals surface area contributed by atoms with Crippen molar-refractivity contribution in [3.8, 4) is 0 Å². The van der Waals surface area contributed by atoms with E-state index in [0.29, 0.717) is 16.8 Å². The van der Waals surface area contributed by atoms with Crippen LogP contribution in [0.25, 0.3) is 10.2 Å². The summed E-state index contributed by atoms with van der Waals surface area (Å²) in [5, 5.41) is 5.77. The first-order valence-corrected chi connectivity index (χ1v) is 8.74. The topological polar surface area (TPSA) is 96.3 Å². The third-order valence-electron chi connectivity index (χ3n) is 3.80. The lowest BCUT2D eigenvalue weighted by molar-refractivity contribution is -0.126. The zero-order valence-corrected chi connectivity index (χ0v) is 15.7. The SMILES string of the molecule is Cc1sc2ncn(CC(=O)NCC(=O)NCCN(C)C)c(=O)c2c1C. The van der Waals surface area contributed by atoms with E-state index in [1.165, 1.54) is 22.2 Å². The Balaban J connectivity index is 1.94. The van der Waals surface area contributed by atoms with Gasteiger partial charge in [-0.2, -0.15) is 0 Å². The number of hydrogen-bond donors (Lipinski definition) is 2. The fourth-order valence-corrected chi connectivity index (χ4v) is 3.24. The molecule has 2 rings (SSSR count). The summed E-state index contributed by atoms with van der Waals surface area (Å²) in [7, 11) is 3.82. The molecule has 2 aromatic rings. The molecule has 0 spiro atoms. The van der Waals surface area contributed by atoms with Crippen molar-refractivity contribution >= 4 is 33.4 Å². The lowest BCUT2D eigenvalue weighted by atomic mass is 10.2. The Morgan fingerprint density at radius 3 is 2.64 bits per heavy atom. The molecule has 2 heterocycles. The normalized spacial score (nSPS) is 11.1.